The van der Waals surface area contributed by atoms with Crippen LogP contribution < -0.4 is 5.32 Å². The van der Waals surface area contributed by atoms with Gasteiger partial charge in [-0.25, -0.2) is 0 Å². The zero-order valence-electron chi connectivity index (χ0n) is 18.7. The Kier molecular flexibility index (Phi) is 6.22. The van der Waals surface area contributed by atoms with Gasteiger partial charge >= 0.3 is 0 Å². The molecule has 0 aliphatic carbocycles. The number of pyridine rings is 2. The summed E-state index contributed by atoms with van der Waals surface area (Å²) in [6, 6.07) is 15.5. The minimum Gasteiger partial charge on any atom is -0.346 e. The molecule has 0 atom stereocenters. The van der Waals surface area contributed by atoms with Crippen molar-refractivity contribution >= 4 is 50.9 Å². The molecule has 8 heteroatoms. The van der Waals surface area contributed by atoms with Gasteiger partial charge in [0.1, 0.15) is 0 Å². The van der Waals surface area contributed by atoms with Crippen LogP contribution >= 0.6 is 23.4 Å². The molecule has 0 unspecified atom stereocenters. The van der Waals surface area contributed by atoms with E-state index < -0.39 is 0 Å². The molecule has 34 heavy (non-hydrogen) atoms. The molecule has 0 aliphatic heterocycles. The number of benzene rings is 2. The predicted molar refractivity (Wildman–Crippen MR) is 138 cm³/mol. The van der Waals surface area contributed by atoms with Crippen LogP contribution in [0.15, 0.2) is 65.8 Å². The average molecular weight is 488 g/mol. The van der Waals surface area contributed by atoms with Crippen molar-refractivity contribution < 1.29 is 4.79 Å². The molecule has 0 spiro atoms. The van der Waals surface area contributed by atoms with Crippen LogP contribution in [0.4, 0.5) is 0 Å². The Labute approximate surface area is 206 Å². The number of nitrogens with zero attached hydrogens (tertiary/aromatic N) is 3. The van der Waals surface area contributed by atoms with E-state index in [1.54, 1.807) is 30.1 Å². The number of H-pyrrole nitrogens is 1. The minimum atomic E-state index is -0.174. The molecule has 0 saturated carbocycles. The number of thioether (sulfide) groups is 1. The molecule has 6 nitrogen and oxygen atoms in total. The highest BCUT2D eigenvalue weighted by atomic mass is 35.5. The summed E-state index contributed by atoms with van der Waals surface area (Å²) in [4.78, 5) is 23.0. The van der Waals surface area contributed by atoms with E-state index in [2.05, 4.69) is 49.9 Å². The number of aromatic amines is 1. The van der Waals surface area contributed by atoms with Gasteiger partial charge in [0.15, 0.2) is 0 Å². The number of hydrogen-bond donors (Lipinski definition) is 2. The van der Waals surface area contributed by atoms with Crippen LogP contribution in [-0.2, 0) is 13.0 Å². The van der Waals surface area contributed by atoms with E-state index in [1.165, 1.54) is 4.90 Å². The first-order valence-electron chi connectivity index (χ1n) is 10.8. The smallest absolute Gasteiger partial charge is 0.251 e. The molecular formula is C26H22ClN5OS. The molecule has 2 aromatic carbocycles. The monoisotopic (exact) mass is 487 g/mol. The first kappa shape index (κ1) is 22.4. The zero-order valence-corrected chi connectivity index (χ0v) is 20.3. The van der Waals surface area contributed by atoms with Gasteiger partial charge in [-0.05, 0) is 66.6 Å². The summed E-state index contributed by atoms with van der Waals surface area (Å²) in [7, 11) is 0. The predicted octanol–water partition coefficient (Wildman–Crippen LogP) is 5.71. The van der Waals surface area contributed by atoms with Gasteiger partial charge in [0.2, 0.25) is 0 Å². The van der Waals surface area contributed by atoms with Crippen molar-refractivity contribution in [3.63, 3.8) is 0 Å². The van der Waals surface area contributed by atoms with Crippen LogP contribution in [0.3, 0.4) is 0 Å². The maximum atomic E-state index is 12.8. The highest BCUT2D eigenvalue weighted by molar-refractivity contribution is 7.98. The summed E-state index contributed by atoms with van der Waals surface area (Å²) in [5, 5.41) is 14.1. The number of carbonyl (C=O) groups is 1. The first-order chi connectivity index (χ1) is 16.5. The summed E-state index contributed by atoms with van der Waals surface area (Å²) in [6.07, 6.45) is 6.31. The van der Waals surface area contributed by atoms with E-state index in [0.29, 0.717) is 23.6 Å². The highest BCUT2D eigenvalue weighted by Crippen LogP contribution is 2.29. The maximum absolute atomic E-state index is 12.8. The lowest BCUT2D eigenvalue weighted by molar-refractivity contribution is 0.0950. The van der Waals surface area contributed by atoms with Gasteiger partial charge in [0.25, 0.3) is 5.91 Å². The van der Waals surface area contributed by atoms with Crippen molar-refractivity contribution in [2.75, 3.05) is 6.26 Å². The topological polar surface area (TPSA) is 83.6 Å². The lowest BCUT2D eigenvalue weighted by Crippen LogP contribution is -2.23. The molecule has 5 aromatic rings. The Hall–Kier alpha value is -3.42. The molecule has 0 saturated heterocycles. The average Bonchev–Trinajstić information content (AvgIpc) is 3.23. The van der Waals surface area contributed by atoms with Crippen LogP contribution in [0.1, 0.15) is 33.0 Å². The highest BCUT2D eigenvalue weighted by Gasteiger charge is 2.12. The van der Waals surface area contributed by atoms with Crippen molar-refractivity contribution in [2.24, 2.45) is 0 Å². The van der Waals surface area contributed by atoms with E-state index >= 15 is 0 Å². The lowest BCUT2D eigenvalue weighted by atomic mass is 10.0. The Morgan fingerprint density at radius 3 is 2.82 bits per heavy atom. The first-order valence-corrected chi connectivity index (χ1v) is 12.4. The number of fused-ring (bicyclic) bond motifs is 2. The van der Waals surface area contributed by atoms with Crippen LogP contribution in [-0.4, -0.2) is 32.3 Å². The second kappa shape index (κ2) is 9.44. The fraction of sp³-hybridized carbons (Fsp3) is 0.154. The molecule has 170 valence electrons. The summed E-state index contributed by atoms with van der Waals surface area (Å²) in [6.45, 7) is 2.29. The fourth-order valence-corrected chi connectivity index (χ4v) is 4.86. The quantitative estimate of drug-likeness (QED) is 0.300. The molecular weight excluding hydrogens is 466 g/mol. The number of amides is 1. The van der Waals surface area contributed by atoms with Crippen LogP contribution in [0.5, 0.6) is 0 Å². The molecule has 3 aromatic heterocycles. The Morgan fingerprint density at radius 1 is 1.09 bits per heavy atom. The van der Waals surface area contributed by atoms with Crippen molar-refractivity contribution in [1.29, 1.82) is 0 Å². The van der Waals surface area contributed by atoms with Crippen molar-refractivity contribution in [2.45, 2.75) is 24.8 Å². The van der Waals surface area contributed by atoms with Gasteiger partial charge < -0.3 is 5.32 Å². The number of halogens is 1. The fourth-order valence-electron chi connectivity index (χ4n) is 4.03. The summed E-state index contributed by atoms with van der Waals surface area (Å²) < 4.78 is 0. The molecule has 3 heterocycles. The van der Waals surface area contributed by atoms with Gasteiger partial charge in [-0.15, -0.1) is 11.8 Å². The van der Waals surface area contributed by atoms with E-state index in [9.17, 15) is 4.79 Å². The van der Waals surface area contributed by atoms with Gasteiger partial charge in [-0.2, -0.15) is 5.10 Å². The minimum absolute atomic E-state index is 0.174. The van der Waals surface area contributed by atoms with Crippen molar-refractivity contribution in [3.8, 4) is 0 Å². The molecule has 0 bridgehead atoms. The molecule has 0 aliphatic rings. The normalized spacial score (nSPS) is 11.3. The van der Waals surface area contributed by atoms with Crippen LogP contribution in [0, 0.1) is 6.92 Å². The van der Waals surface area contributed by atoms with Gasteiger partial charge in [0.05, 0.1) is 17.8 Å². The van der Waals surface area contributed by atoms with Gasteiger partial charge in [0, 0.05) is 56.5 Å². The molecule has 0 fully saturated rings. The van der Waals surface area contributed by atoms with Crippen molar-refractivity contribution in [1.82, 2.24) is 25.5 Å². The van der Waals surface area contributed by atoms with Gasteiger partial charge in [-0.1, -0.05) is 17.7 Å². The maximum Gasteiger partial charge on any atom is 0.251 e. The van der Waals surface area contributed by atoms with E-state index in [1.807, 2.05) is 31.3 Å². The summed E-state index contributed by atoms with van der Waals surface area (Å²) in [5.74, 6) is -0.174. The number of aryl methyl sites for hydroxylation is 1. The molecule has 5 rings (SSSR count). The standard InChI is InChI=1S/C26H22ClN5OS/c1-15-7-18-8-16(10-25(34-2)22(18)13-29-15)9-20-11-17(5-6-28-20)26(33)30-14-24-21-12-19(27)3-4-23(21)31-32-24/h3-8,10-13H,9,14H2,1-2H3,(H,30,33)(H,31,32). The number of carbonyl (C=O) groups excluding carboxylic acids is 1. The third kappa shape index (κ3) is 4.62. The Bertz CT molecular complexity index is 1530. The van der Waals surface area contributed by atoms with Crippen LogP contribution in [0.25, 0.3) is 21.7 Å². The van der Waals surface area contributed by atoms with Crippen LogP contribution in [0.2, 0.25) is 5.02 Å². The largest absolute Gasteiger partial charge is 0.346 e. The zero-order chi connectivity index (χ0) is 23.7. The number of aromatic nitrogens is 4. The third-order valence-corrected chi connectivity index (χ3v) is 6.71. The number of nitrogens with one attached hydrogen (secondary N) is 2. The number of rotatable bonds is 6. The van der Waals surface area contributed by atoms with Gasteiger partial charge in [-0.3, -0.25) is 19.9 Å². The Balaban J connectivity index is 1.34. The SMILES string of the molecule is CSc1cc(Cc2cc(C(=O)NCc3n[nH]c4ccc(Cl)cc34)ccn2)cc2cc(C)ncc12. The Morgan fingerprint density at radius 2 is 1.97 bits per heavy atom. The molecule has 2 N–H and O–H groups in total. The third-order valence-electron chi connectivity index (χ3n) is 5.70. The van der Waals surface area contributed by atoms with E-state index in [0.717, 1.165) is 44.3 Å². The van der Waals surface area contributed by atoms with Crippen molar-refractivity contribution in [3.05, 3.63) is 94.2 Å². The lowest BCUT2D eigenvalue weighted by Gasteiger charge is -2.10. The second-order valence-electron chi connectivity index (χ2n) is 8.10. The summed E-state index contributed by atoms with van der Waals surface area (Å²) in [5.41, 5.74) is 5.15. The van der Waals surface area contributed by atoms with E-state index in [4.69, 9.17) is 11.6 Å². The molecule has 1 amide bonds. The second-order valence-corrected chi connectivity index (χ2v) is 9.38. The van der Waals surface area contributed by atoms with E-state index in [-0.39, 0.29) is 5.91 Å². The molecule has 0 radical (unpaired) electrons. The number of hydrogen-bond acceptors (Lipinski definition) is 5. The summed E-state index contributed by atoms with van der Waals surface area (Å²) >= 11 is 7.81.